The van der Waals surface area contributed by atoms with Crippen molar-refractivity contribution in [1.82, 2.24) is 0 Å². The van der Waals surface area contributed by atoms with E-state index in [1.807, 2.05) is 43.3 Å². The van der Waals surface area contributed by atoms with Gasteiger partial charge in [-0.15, -0.1) is 0 Å². The van der Waals surface area contributed by atoms with Crippen LogP contribution in [0.5, 0.6) is 5.75 Å². The lowest BCUT2D eigenvalue weighted by Crippen LogP contribution is -2.46. The van der Waals surface area contributed by atoms with Crippen LogP contribution in [0.25, 0.3) is 11.6 Å². The minimum atomic E-state index is -5.17. The molecule has 0 radical (unpaired) electrons. The van der Waals surface area contributed by atoms with Gasteiger partial charge in [-0.3, -0.25) is 9.59 Å². The van der Waals surface area contributed by atoms with Crippen molar-refractivity contribution in [3.05, 3.63) is 105 Å². The molecule has 2 saturated heterocycles. The molecule has 3 aromatic carbocycles. The maximum atomic E-state index is 14.0. The minimum absolute atomic E-state index is 0.0496. The van der Waals surface area contributed by atoms with E-state index in [1.165, 1.54) is 0 Å². The molecule has 0 aromatic heterocycles. The molecule has 0 saturated carbocycles. The van der Waals surface area contributed by atoms with Gasteiger partial charge >= 0.3 is 19.5 Å². The lowest BCUT2D eigenvalue weighted by atomic mass is 9.58. The Morgan fingerprint density at radius 3 is 2.24 bits per heavy atom. The van der Waals surface area contributed by atoms with E-state index in [0.29, 0.717) is 41.9 Å². The van der Waals surface area contributed by atoms with E-state index in [9.17, 15) is 46.1 Å². The van der Waals surface area contributed by atoms with E-state index in [1.54, 1.807) is 18.2 Å². The number of aromatic hydroxyl groups is 1. The summed E-state index contributed by atoms with van der Waals surface area (Å²) < 4.78 is 89.0. The molecule has 2 N–H and O–H groups in total. The summed E-state index contributed by atoms with van der Waals surface area (Å²) in [7, 11) is -1.34. The molecule has 262 valence electrons. The molecule has 6 nitrogen and oxygen atoms in total. The van der Waals surface area contributed by atoms with Gasteiger partial charge < -0.3 is 14.8 Å². The van der Waals surface area contributed by atoms with Crippen LogP contribution in [-0.2, 0) is 26.6 Å². The van der Waals surface area contributed by atoms with Crippen LogP contribution in [0.1, 0.15) is 54.9 Å². The number of alkyl halides is 6. The summed E-state index contributed by atoms with van der Waals surface area (Å²) in [4.78, 5) is 28.2. The SMILES string of the molecule is CCC1=C2[C@@H](CC/C(=C/c3cc(Br)ccc3O)c3ccccc3)OB(O)C[C@@H]2[C@@H]2C(=O)N(c3cc(C(F)(F)F)cc(C(F)(F)F)c3)C(=O)[C@@H]2C1. The maximum absolute atomic E-state index is 14.0. The van der Waals surface area contributed by atoms with Crippen molar-refractivity contribution in [1.29, 1.82) is 0 Å². The highest BCUT2D eigenvalue weighted by molar-refractivity contribution is 9.10. The fourth-order valence-electron chi connectivity index (χ4n) is 7.49. The Labute approximate surface area is 292 Å². The number of benzene rings is 3. The number of phenols is 1. The second-order valence-electron chi connectivity index (χ2n) is 12.7. The molecule has 1 aliphatic carbocycles. The largest absolute Gasteiger partial charge is 0.507 e. The first kappa shape index (κ1) is 35.9. The normalized spacial score (nSPS) is 23.0. The maximum Gasteiger partial charge on any atom is 0.455 e. The predicted molar refractivity (Wildman–Crippen MR) is 178 cm³/mol. The van der Waals surface area contributed by atoms with Crippen LogP contribution in [0.15, 0.2) is 82.3 Å². The molecule has 2 amide bonds. The third-order valence-corrected chi connectivity index (χ3v) is 10.2. The average molecular weight is 762 g/mol. The van der Waals surface area contributed by atoms with Gasteiger partial charge in [-0.25, -0.2) is 4.90 Å². The van der Waals surface area contributed by atoms with Crippen LogP contribution in [0, 0.1) is 17.8 Å². The standard InChI is InChI=1S/C36H31BBrF6NO5/c1-2-19-14-27-32(34(48)45(33(27)47)26-16-23(35(39,40)41)15-24(17-26)36(42,43)44)28-18-37(49)50-30(31(19)28)11-8-21(20-6-4-3-5-7-20)12-22-13-25(38)9-10-29(22)46/h3-7,9-10,12-13,15-17,27-28,30,32,46,49H,2,8,11,14,18H2,1H3/b21-12-/t27-,28+,30-,32-/m1/s1. The molecule has 50 heavy (non-hydrogen) atoms. The van der Waals surface area contributed by atoms with Crippen molar-refractivity contribution in [2.24, 2.45) is 17.8 Å². The molecule has 3 aromatic rings. The molecule has 3 aliphatic rings. The first-order valence-corrected chi connectivity index (χ1v) is 16.8. The van der Waals surface area contributed by atoms with Crippen molar-refractivity contribution in [3.8, 4) is 5.75 Å². The van der Waals surface area contributed by atoms with Crippen LogP contribution < -0.4 is 4.90 Å². The smallest absolute Gasteiger partial charge is 0.455 e. The summed E-state index contributed by atoms with van der Waals surface area (Å²) in [6.45, 7) is 1.86. The summed E-state index contributed by atoms with van der Waals surface area (Å²) in [6.07, 6.45) is -8.02. The van der Waals surface area contributed by atoms with Gasteiger partial charge in [0.2, 0.25) is 11.8 Å². The molecule has 2 aliphatic heterocycles. The second-order valence-corrected chi connectivity index (χ2v) is 13.6. The highest BCUT2D eigenvalue weighted by Crippen LogP contribution is 2.52. The van der Waals surface area contributed by atoms with Crippen LogP contribution in [0.2, 0.25) is 6.32 Å². The highest BCUT2D eigenvalue weighted by Gasteiger charge is 2.58. The fraction of sp³-hybridized carbons (Fsp3) is 0.333. The van der Waals surface area contributed by atoms with Crippen LogP contribution in [0.4, 0.5) is 32.0 Å². The Hall–Kier alpha value is -3.88. The first-order chi connectivity index (χ1) is 23.6. The third kappa shape index (κ3) is 7.02. The summed E-state index contributed by atoms with van der Waals surface area (Å²) in [5.74, 6) is -4.59. The highest BCUT2D eigenvalue weighted by atomic mass is 79.9. The average Bonchev–Trinajstić information content (AvgIpc) is 3.32. The number of rotatable bonds is 7. The number of phenolic OH excluding ortho intramolecular Hbond substituents is 1. The predicted octanol–water partition coefficient (Wildman–Crippen LogP) is 8.92. The van der Waals surface area contributed by atoms with E-state index in [-0.39, 0.29) is 24.6 Å². The molecule has 4 atom stereocenters. The van der Waals surface area contributed by atoms with Gasteiger partial charge in [-0.1, -0.05) is 58.8 Å². The molecular weight excluding hydrogens is 731 g/mol. The number of hydrogen-bond donors (Lipinski definition) is 2. The molecule has 2 heterocycles. The summed E-state index contributed by atoms with van der Waals surface area (Å²) in [5, 5.41) is 21.5. The number of carbonyl (C=O) groups excluding carboxylic acids is 2. The van der Waals surface area contributed by atoms with E-state index in [0.717, 1.165) is 26.8 Å². The molecular formula is C36H31BBrF6NO5. The summed E-state index contributed by atoms with van der Waals surface area (Å²) in [5.41, 5.74) is -0.265. The van der Waals surface area contributed by atoms with Crippen molar-refractivity contribution >= 4 is 52.2 Å². The lowest BCUT2D eigenvalue weighted by molar-refractivity contribution is -0.143. The zero-order valence-electron chi connectivity index (χ0n) is 26.6. The molecule has 14 heteroatoms. The van der Waals surface area contributed by atoms with Crippen LogP contribution in [-0.4, -0.2) is 35.2 Å². The number of imide groups is 1. The lowest BCUT2D eigenvalue weighted by Gasteiger charge is -2.43. The number of anilines is 1. The van der Waals surface area contributed by atoms with E-state index in [4.69, 9.17) is 4.65 Å². The Morgan fingerprint density at radius 1 is 0.960 bits per heavy atom. The molecule has 0 spiro atoms. The molecule has 2 fully saturated rings. The first-order valence-electron chi connectivity index (χ1n) is 16.0. The summed E-state index contributed by atoms with van der Waals surface area (Å²) >= 11 is 3.43. The number of carbonyl (C=O) groups is 2. The number of fused-ring (bicyclic) bond motifs is 3. The fourth-order valence-corrected chi connectivity index (χ4v) is 7.87. The topological polar surface area (TPSA) is 87.1 Å². The van der Waals surface area contributed by atoms with E-state index >= 15 is 0 Å². The zero-order chi connectivity index (χ0) is 36.1. The van der Waals surface area contributed by atoms with Gasteiger partial charge in [-0.2, -0.15) is 26.3 Å². The van der Waals surface area contributed by atoms with Gasteiger partial charge in [0, 0.05) is 10.0 Å². The van der Waals surface area contributed by atoms with Crippen molar-refractivity contribution in [3.63, 3.8) is 0 Å². The Balaban J connectivity index is 1.35. The molecule has 6 rings (SSSR count). The van der Waals surface area contributed by atoms with Crippen molar-refractivity contribution in [2.75, 3.05) is 4.90 Å². The number of halogens is 7. The van der Waals surface area contributed by atoms with Gasteiger partial charge in [0.15, 0.2) is 0 Å². The van der Waals surface area contributed by atoms with Crippen LogP contribution >= 0.6 is 15.9 Å². The number of nitrogens with zero attached hydrogens (tertiary/aromatic N) is 1. The van der Waals surface area contributed by atoms with Gasteiger partial charge in [0.05, 0.1) is 34.8 Å². The van der Waals surface area contributed by atoms with Crippen molar-refractivity contribution in [2.45, 2.75) is 57.4 Å². The van der Waals surface area contributed by atoms with E-state index in [2.05, 4.69) is 15.9 Å². The molecule has 0 unspecified atom stereocenters. The zero-order valence-corrected chi connectivity index (χ0v) is 28.1. The Kier molecular flexibility index (Phi) is 9.84. The van der Waals surface area contributed by atoms with Gasteiger partial charge in [-0.05, 0) is 97.1 Å². The third-order valence-electron chi connectivity index (χ3n) is 9.71. The quantitative estimate of drug-likeness (QED) is 0.0826. The van der Waals surface area contributed by atoms with Crippen molar-refractivity contribution < 1.29 is 50.7 Å². The second kappa shape index (κ2) is 13.7. The Bertz CT molecular complexity index is 1850. The van der Waals surface area contributed by atoms with Gasteiger partial charge in [0.25, 0.3) is 0 Å². The van der Waals surface area contributed by atoms with Gasteiger partial charge in [0.1, 0.15) is 5.75 Å². The summed E-state index contributed by atoms with van der Waals surface area (Å²) in [6, 6.07) is 15.2. The monoisotopic (exact) mass is 761 g/mol. The number of allylic oxidation sites excluding steroid dienone is 2. The van der Waals surface area contributed by atoms with Crippen LogP contribution in [0.3, 0.4) is 0 Å². The Morgan fingerprint density at radius 2 is 1.62 bits per heavy atom. The molecule has 0 bridgehead atoms. The number of hydrogen-bond acceptors (Lipinski definition) is 5. The number of amides is 2. The minimum Gasteiger partial charge on any atom is -0.507 e. The van der Waals surface area contributed by atoms with E-state index < -0.39 is 72.0 Å².